The van der Waals surface area contributed by atoms with Crippen LogP contribution in [0.4, 0.5) is 0 Å². The van der Waals surface area contributed by atoms with Gasteiger partial charge in [-0.15, -0.1) is 0 Å². The first-order valence-corrected chi connectivity index (χ1v) is 13.9. The van der Waals surface area contributed by atoms with Gasteiger partial charge in [0.15, 0.2) is 0 Å². The van der Waals surface area contributed by atoms with Crippen LogP contribution in [0.2, 0.25) is 0 Å². The standard InChI is InChI=1S/C29H44O7/c1-16(7-10-26(33)34-6)21-8-9-22-27-23(15-25(32)29(21,22)5)28(4)12-11-20(35-17(2)30)13-19(28)14-24(27)36-18(3)31/h16,19-24,27H,7-15H2,1-6H3/t16-,19-,20-,21+,22-,23+,24-,27-,28-,29-/m1/s1. The summed E-state index contributed by atoms with van der Waals surface area (Å²) in [6.07, 6.45) is 6.44. The molecule has 0 bridgehead atoms. The molecule has 0 aliphatic heterocycles. The van der Waals surface area contributed by atoms with Crippen molar-refractivity contribution >= 4 is 23.7 Å². The molecule has 36 heavy (non-hydrogen) atoms. The fraction of sp³-hybridized carbons (Fsp3) is 0.862. The van der Waals surface area contributed by atoms with Gasteiger partial charge in [0.05, 0.1) is 7.11 Å². The van der Waals surface area contributed by atoms with Gasteiger partial charge in [-0.2, -0.15) is 0 Å². The van der Waals surface area contributed by atoms with Gasteiger partial charge in [-0.1, -0.05) is 20.8 Å². The molecular weight excluding hydrogens is 460 g/mol. The van der Waals surface area contributed by atoms with E-state index in [4.69, 9.17) is 14.2 Å². The SMILES string of the molecule is COC(=O)CC[C@@H](C)[C@@H]1CC[C@@H]2[C@H]3[C@H](OC(C)=O)C[C@H]4C[C@H](OC(C)=O)CC[C@@]4(C)[C@H]3CC(=O)[C@@]21C. The molecule has 0 aromatic heterocycles. The Morgan fingerprint density at radius 1 is 1.00 bits per heavy atom. The van der Waals surface area contributed by atoms with Crippen molar-refractivity contribution in [3.8, 4) is 0 Å². The molecule has 0 radical (unpaired) electrons. The summed E-state index contributed by atoms with van der Waals surface area (Å²) >= 11 is 0. The maximum absolute atomic E-state index is 14.0. The van der Waals surface area contributed by atoms with E-state index in [9.17, 15) is 19.2 Å². The molecule has 4 fully saturated rings. The van der Waals surface area contributed by atoms with E-state index in [0.717, 1.165) is 38.5 Å². The van der Waals surface area contributed by atoms with Crippen LogP contribution >= 0.6 is 0 Å². The van der Waals surface area contributed by atoms with Crippen molar-refractivity contribution in [2.45, 2.75) is 105 Å². The molecule has 202 valence electrons. The summed E-state index contributed by atoms with van der Waals surface area (Å²) in [6.45, 7) is 9.57. The van der Waals surface area contributed by atoms with Crippen molar-refractivity contribution < 1.29 is 33.4 Å². The second kappa shape index (κ2) is 10.1. The van der Waals surface area contributed by atoms with Gasteiger partial charge in [-0.05, 0) is 80.0 Å². The Bertz CT molecular complexity index is 898. The van der Waals surface area contributed by atoms with Gasteiger partial charge >= 0.3 is 17.9 Å². The maximum Gasteiger partial charge on any atom is 0.305 e. The molecule has 10 atom stereocenters. The van der Waals surface area contributed by atoms with E-state index >= 15 is 0 Å². The van der Waals surface area contributed by atoms with E-state index in [1.807, 2.05) is 0 Å². The number of methoxy groups -OCH3 is 1. The minimum Gasteiger partial charge on any atom is -0.469 e. The number of carbonyl (C=O) groups excluding carboxylic acids is 4. The lowest BCUT2D eigenvalue weighted by atomic mass is 9.43. The fourth-order valence-electron chi connectivity index (χ4n) is 9.14. The average Bonchev–Trinajstić information content (AvgIpc) is 3.16. The Labute approximate surface area is 215 Å². The first kappa shape index (κ1) is 27.1. The van der Waals surface area contributed by atoms with Crippen molar-refractivity contribution in [3.05, 3.63) is 0 Å². The van der Waals surface area contributed by atoms with Gasteiger partial charge in [0, 0.05) is 38.0 Å². The van der Waals surface area contributed by atoms with Gasteiger partial charge in [-0.25, -0.2) is 0 Å². The molecule has 0 saturated heterocycles. The highest BCUT2D eigenvalue weighted by Crippen LogP contribution is 2.67. The smallest absolute Gasteiger partial charge is 0.305 e. The lowest BCUT2D eigenvalue weighted by Crippen LogP contribution is -2.62. The third kappa shape index (κ3) is 4.60. The average molecular weight is 505 g/mol. The molecule has 0 unspecified atom stereocenters. The maximum atomic E-state index is 14.0. The molecule has 4 aliphatic rings. The highest BCUT2D eigenvalue weighted by Gasteiger charge is 2.66. The Kier molecular flexibility index (Phi) is 7.60. The van der Waals surface area contributed by atoms with E-state index in [0.29, 0.717) is 25.0 Å². The van der Waals surface area contributed by atoms with Crippen molar-refractivity contribution in [1.82, 2.24) is 0 Å². The monoisotopic (exact) mass is 504 g/mol. The molecular formula is C29H44O7. The van der Waals surface area contributed by atoms with Gasteiger partial charge in [0.25, 0.3) is 0 Å². The topological polar surface area (TPSA) is 96.0 Å². The number of hydrogen-bond acceptors (Lipinski definition) is 7. The third-order valence-electron chi connectivity index (χ3n) is 10.9. The largest absolute Gasteiger partial charge is 0.469 e. The molecule has 7 heteroatoms. The normalized spacial score (nSPS) is 42.4. The summed E-state index contributed by atoms with van der Waals surface area (Å²) in [5, 5.41) is 0. The molecule has 0 amide bonds. The first-order chi connectivity index (χ1) is 16.9. The van der Waals surface area contributed by atoms with E-state index in [1.54, 1.807) is 0 Å². The Balaban J connectivity index is 1.62. The van der Waals surface area contributed by atoms with E-state index in [1.165, 1.54) is 21.0 Å². The zero-order valence-corrected chi connectivity index (χ0v) is 22.8. The molecule has 0 aromatic rings. The van der Waals surface area contributed by atoms with Crippen LogP contribution < -0.4 is 0 Å². The summed E-state index contributed by atoms with van der Waals surface area (Å²) < 4.78 is 16.5. The van der Waals surface area contributed by atoms with E-state index in [2.05, 4.69) is 20.8 Å². The summed E-state index contributed by atoms with van der Waals surface area (Å²) in [4.78, 5) is 49.7. The third-order valence-corrected chi connectivity index (χ3v) is 10.9. The molecule has 0 heterocycles. The van der Waals surface area contributed by atoms with Gasteiger partial charge < -0.3 is 14.2 Å². The van der Waals surface area contributed by atoms with Crippen LogP contribution in [0.15, 0.2) is 0 Å². The van der Waals surface area contributed by atoms with Crippen molar-refractivity contribution in [1.29, 1.82) is 0 Å². The number of Topliss-reactive ketones (excluding diaryl/α,β-unsaturated/α-hetero) is 1. The highest BCUT2D eigenvalue weighted by molar-refractivity contribution is 5.87. The molecule has 4 rings (SSSR count). The number of fused-ring (bicyclic) bond motifs is 5. The summed E-state index contributed by atoms with van der Waals surface area (Å²) in [5.41, 5.74) is -0.503. The van der Waals surface area contributed by atoms with Crippen LogP contribution in [0.5, 0.6) is 0 Å². The quantitative estimate of drug-likeness (QED) is 0.375. The van der Waals surface area contributed by atoms with Crippen LogP contribution in [0.3, 0.4) is 0 Å². The Hall–Kier alpha value is -1.92. The van der Waals surface area contributed by atoms with Crippen molar-refractivity contribution in [3.63, 3.8) is 0 Å². The molecule has 4 aliphatic carbocycles. The number of carbonyl (C=O) groups is 4. The number of ketones is 1. The minimum absolute atomic E-state index is 0.0382. The Morgan fingerprint density at radius 2 is 1.69 bits per heavy atom. The van der Waals surface area contributed by atoms with Crippen LogP contribution in [0, 0.1) is 46.3 Å². The van der Waals surface area contributed by atoms with Crippen LogP contribution in [0.25, 0.3) is 0 Å². The lowest BCUT2D eigenvalue weighted by molar-refractivity contribution is -0.196. The van der Waals surface area contributed by atoms with E-state index < -0.39 is 5.41 Å². The zero-order chi connectivity index (χ0) is 26.4. The summed E-state index contributed by atoms with van der Waals surface area (Å²) in [7, 11) is 1.41. The molecule has 0 spiro atoms. The first-order valence-electron chi connectivity index (χ1n) is 13.9. The predicted octanol–water partition coefficient (Wildman–Crippen LogP) is 4.89. The lowest BCUT2D eigenvalue weighted by Gasteiger charge is -2.62. The highest BCUT2D eigenvalue weighted by atomic mass is 16.5. The zero-order valence-electron chi connectivity index (χ0n) is 22.8. The number of ether oxygens (including phenoxy) is 3. The predicted molar refractivity (Wildman–Crippen MR) is 133 cm³/mol. The number of rotatable bonds is 6. The molecule has 4 saturated carbocycles. The van der Waals surface area contributed by atoms with Crippen LogP contribution in [-0.4, -0.2) is 43.0 Å². The number of hydrogen-bond donors (Lipinski definition) is 0. The van der Waals surface area contributed by atoms with E-state index in [-0.39, 0.29) is 71.0 Å². The Morgan fingerprint density at radius 3 is 2.33 bits per heavy atom. The van der Waals surface area contributed by atoms with Crippen LogP contribution in [-0.2, 0) is 33.4 Å². The van der Waals surface area contributed by atoms with Gasteiger partial charge in [-0.3, -0.25) is 19.2 Å². The number of esters is 3. The van der Waals surface area contributed by atoms with Crippen molar-refractivity contribution in [2.24, 2.45) is 46.3 Å². The summed E-state index contributed by atoms with van der Waals surface area (Å²) in [5.74, 6) is 0.785. The minimum atomic E-state index is -0.465. The molecule has 0 N–H and O–H groups in total. The second-order valence-electron chi connectivity index (χ2n) is 12.6. The fourth-order valence-corrected chi connectivity index (χ4v) is 9.14. The second-order valence-corrected chi connectivity index (χ2v) is 12.6. The van der Waals surface area contributed by atoms with Crippen molar-refractivity contribution in [2.75, 3.05) is 7.11 Å². The van der Waals surface area contributed by atoms with Gasteiger partial charge in [0.1, 0.15) is 18.0 Å². The van der Waals surface area contributed by atoms with Crippen LogP contribution in [0.1, 0.15) is 92.4 Å². The van der Waals surface area contributed by atoms with Gasteiger partial charge in [0.2, 0.25) is 0 Å². The molecule has 7 nitrogen and oxygen atoms in total. The molecule has 0 aromatic carbocycles. The summed E-state index contributed by atoms with van der Waals surface area (Å²) in [6, 6.07) is 0.